The van der Waals surface area contributed by atoms with E-state index in [1.54, 1.807) is 35.3 Å². The lowest BCUT2D eigenvalue weighted by molar-refractivity contribution is -0.129. The molecule has 3 aromatic heterocycles. The van der Waals surface area contributed by atoms with Gasteiger partial charge in [-0.2, -0.15) is 0 Å². The van der Waals surface area contributed by atoms with Crippen LogP contribution in [0.25, 0.3) is 17.2 Å². The number of hydrogen-bond acceptors (Lipinski definition) is 9. The van der Waals surface area contributed by atoms with Gasteiger partial charge >= 0.3 is 0 Å². The normalized spacial score (nSPS) is 12.3. The van der Waals surface area contributed by atoms with Crippen molar-refractivity contribution in [2.45, 2.75) is 25.8 Å². The van der Waals surface area contributed by atoms with Crippen LogP contribution >= 0.6 is 0 Å². The maximum absolute atomic E-state index is 13.8. The number of halogens is 1. The summed E-state index contributed by atoms with van der Waals surface area (Å²) in [4.78, 5) is 26.4. The summed E-state index contributed by atoms with van der Waals surface area (Å²) in [5.41, 5.74) is 3.34. The van der Waals surface area contributed by atoms with Crippen molar-refractivity contribution in [3.8, 4) is 23.0 Å². The van der Waals surface area contributed by atoms with E-state index in [1.165, 1.54) is 12.1 Å². The van der Waals surface area contributed by atoms with Crippen molar-refractivity contribution in [2.24, 2.45) is 0 Å². The van der Waals surface area contributed by atoms with Crippen LogP contribution in [0.5, 0.6) is 5.75 Å². The van der Waals surface area contributed by atoms with Gasteiger partial charge < -0.3 is 14.4 Å². The molecule has 11 heteroatoms. The van der Waals surface area contributed by atoms with Crippen molar-refractivity contribution in [2.75, 3.05) is 25.2 Å². The van der Waals surface area contributed by atoms with Gasteiger partial charge in [0.2, 0.25) is 0 Å². The molecular weight excluding hydrogens is 465 g/mol. The Bertz CT molecular complexity index is 1380. The first-order valence-corrected chi connectivity index (χ1v) is 11.5. The Balaban J connectivity index is 1.42. The van der Waals surface area contributed by atoms with Crippen LogP contribution in [-0.4, -0.2) is 56.5 Å². The number of hydrogen-bond donors (Lipinski definition) is 0. The molecule has 0 unspecified atom stereocenters. The second kappa shape index (κ2) is 10.5. The van der Waals surface area contributed by atoms with Gasteiger partial charge in [-0.25, -0.2) is 14.4 Å². The van der Waals surface area contributed by atoms with E-state index < -0.39 is 0 Å². The monoisotopic (exact) mass is 489 g/mol. The standard InChI is InChI=1S/C25H24FN7O3/c1-32(14-23-31-28-15-33(23)18-5-2-4-17(26)12-18)25-20-6-3-7-21(20)29-24(30-25)22-13-19(8-9-27-22)36-11-10-35-16-34/h2,4-5,8-9,12-13,15-16H,3,6-7,10-11,14H2,1H3. The number of aryl methyl sites for hydroxylation is 1. The summed E-state index contributed by atoms with van der Waals surface area (Å²) in [7, 11) is 1.94. The van der Waals surface area contributed by atoms with Gasteiger partial charge in [-0.3, -0.25) is 14.3 Å². The molecule has 1 aliphatic carbocycles. The maximum atomic E-state index is 13.8. The quantitative estimate of drug-likeness (QED) is 0.245. The van der Waals surface area contributed by atoms with Crippen LogP contribution in [0.3, 0.4) is 0 Å². The molecule has 0 saturated carbocycles. The van der Waals surface area contributed by atoms with Gasteiger partial charge in [-0.15, -0.1) is 10.2 Å². The van der Waals surface area contributed by atoms with Gasteiger partial charge in [-0.05, 0) is 43.5 Å². The lowest BCUT2D eigenvalue weighted by atomic mass is 10.2. The fourth-order valence-corrected chi connectivity index (χ4v) is 4.22. The first-order valence-electron chi connectivity index (χ1n) is 11.5. The average Bonchev–Trinajstić information content (AvgIpc) is 3.56. The molecule has 1 aliphatic rings. The maximum Gasteiger partial charge on any atom is 0.293 e. The van der Waals surface area contributed by atoms with E-state index in [9.17, 15) is 9.18 Å². The number of fused-ring (bicyclic) bond motifs is 1. The molecule has 0 spiro atoms. The van der Waals surface area contributed by atoms with Gasteiger partial charge in [-0.1, -0.05) is 6.07 Å². The van der Waals surface area contributed by atoms with Crippen molar-refractivity contribution in [1.29, 1.82) is 0 Å². The highest BCUT2D eigenvalue weighted by atomic mass is 19.1. The summed E-state index contributed by atoms with van der Waals surface area (Å²) in [6.45, 7) is 1.18. The Labute approximate surface area is 206 Å². The van der Waals surface area contributed by atoms with Gasteiger partial charge in [0.15, 0.2) is 11.6 Å². The van der Waals surface area contributed by atoms with E-state index in [4.69, 9.17) is 14.7 Å². The number of carbonyl (C=O) groups excluding carboxylic acids is 1. The number of benzene rings is 1. The summed E-state index contributed by atoms with van der Waals surface area (Å²) >= 11 is 0. The summed E-state index contributed by atoms with van der Waals surface area (Å²) in [6.07, 6.45) is 5.96. The molecule has 36 heavy (non-hydrogen) atoms. The highest BCUT2D eigenvalue weighted by Gasteiger charge is 2.23. The number of aromatic nitrogens is 6. The fraction of sp³-hybridized carbons (Fsp3) is 0.280. The van der Waals surface area contributed by atoms with Crippen LogP contribution in [0.4, 0.5) is 10.2 Å². The first-order chi connectivity index (χ1) is 17.6. The van der Waals surface area contributed by atoms with E-state index in [0.717, 1.165) is 36.3 Å². The zero-order valence-electron chi connectivity index (χ0n) is 19.7. The van der Waals surface area contributed by atoms with E-state index >= 15 is 0 Å². The molecule has 0 radical (unpaired) electrons. The molecule has 0 amide bonds. The molecule has 10 nitrogen and oxygen atoms in total. The molecule has 0 aliphatic heterocycles. The first kappa shape index (κ1) is 23.3. The predicted octanol–water partition coefficient (Wildman–Crippen LogP) is 2.94. The number of anilines is 1. The lowest BCUT2D eigenvalue weighted by Crippen LogP contribution is -2.22. The number of carbonyl (C=O) groups is 1. The summed E-state index contributed by atoms with van der Waals surface area (Å²) in [6, 6.07) is 9.80. The smallest absolute Gasteiger partial charge is 0.293 e. The number of rotatable bonds is 10. The predicted molar refractivity (Wildman–Crippen MR) is 128 cm³/mol. The van der Waals surface area contributed by atoms with E-state index in [-0.39, 0.29) is 19.0 Å². The number of nitrogens with zero attached hydrogens (tertiary/aromatic N) is 7. The molecule has 0 saturated heterocycles. The van der Waals surface area contributed by atoms with Gasteiger partial charge in [0.1, 0.15) is 42.6 Å². The van der Waals surface area contributed by atoms with Gasteiger partial charge in [0, 0.05) is 30.6 Å². The van der Waals surface area contributed by atoms with Gasteiger partial charge in [0.25, 0.3) is 6.47 Å². The topological polar surface area (TPSA) is 108 Å². The molecule has 3 heterocycles. The summed E-state index contributed by atoms with van der Waals surface area (Å²) in [5.74, 6) is 2.21. The lowest BCUT2D eigenvalue weighted by Gasteiger charge is -2.21. The molecule has 0 fully saturated rings. The zero-order chi connectivity index (χ0) is 24.9. The Morgan fingerprint density at radius 2 is 2.08 bits per heavy atom. The third-order valence-corrected chi connectivity index (χ3v) is 5.85. The van der Waals surface area contributed by atoms with E-state index in [2.05, 4.69) is 19.9 Å². The highest BCUT2D eigenvalue weighted by molar-refractivity contribution is 5.59. The largest absolute Gasteiger partial charge is 0.490 e. The minimum atomic E-state index is -0.325. The molecule has 0 N–H and O–H groups in total. The number of ether oxygens (including phenoxy) is 2. The Morgan fingerprint density at radius 3 is 2.94 bits per heavy atom. The number of pyridine rings is 1. The van der Waals surface area contributed by atoms with Crippen molar-refractivity contribution in [1.82, 2.24) is 29.7 Å². The SMILES string of the molecule is CN(Cc1nncn1-c1cccc(F)c1)c1nc(-c2cc(OCCOC=O)ccn2)nc2c1CCC2. The molecule has 0 bridgehead atoms. The molecule has 5 rings (SSSR count). The molecule has 1 aromatic carbocycles. The Hall–Kier alpha value is -4.41. The zero-order valence-corrected chi connectivity index (χ0v) is 19.7. The van der Waals surface area contributed by atoms with Crippen LogP contribution in [-0.2, 0) is 28.9 Å². The third-order valence-electron chi connectivity index (χ3n) is 5.85. The van der Waals surface area contributed by atoms with Crippen LogP contribution in [0.15, 0.2) is 48.9 Å². The van der Waals surface area contributed by atoms with Crippen molar-refractivity contribution in [3.63, 3.8) is 0 Å². The van der Waals surface area contributed by atoms with E-state index in [1.807, 2.05) is 18.0 Å². The summed E-state index contributed by atoms with van der Waals surface area (Å²) < 4.78 is 25.9. The van der Waals surface area contributed by atoms with Crippen molar-refractivity contribution < 1.29 is 18.7 Å². The Morgan fingerprint density at radius 1 is 1.17 bits per heavy atom. The molecule has 184 valence electrons. The minimum Gasteiger partial charge on any atom is -0.490 e. The highest BCUT2D eigenvalue weighted by Crippen LogP contribution is 2.32. The van der Waals surface area contributed by atoms with Crippen LogP contribution in [0.1, 0.15) is 23.5 Å². The second-order valence-corrected chi connectivity index (χ2v) is 8.29. The molecular formula is C25H24FN7O3. The molecule has 0 atom stereocenters. The summed E-state index contributed by atoms with van der Waals surface area (Å²) in [5, 5.41) is 8.30. The Kier molecular flexibility index (Phi) is 6.78. The van der Waals surface area contributed by atoms with Crippen LogP contribution in [0.2, 0.25) is 0 Å². The molecule has 4 aromatic rings. The fourth-order valence-electron chi connectivity index (χ4n) is 4.22. The minimum absolute atomic E-state index is 0.158. The van der Waals surface area contributed by atoms with Crippen molar-refractivity contribution in [3.05, 3.63) is 71.8 Å². The third kappa shape index (κ3) is 4.99. The van der Waals surface area contributed by atoms with E-state index in [0.29, 0.717) is 41.8 Å². The van der Waals surface area contributed by atoms with Crippen LogP contribution < -0.4 is 9.64 Å². The van der Waals surface area contributed by atoms with Crippen LogP contribution in [0, 0.1) is 5.82 Å². The second-order valence-electron chi connectivity index (χ2n) is 8.29. The average molecular weight is 490 g/mol. The van der Waals surface area contributed by atoms with Crippen molar-refractivity contribution >= 4 is 12.3 Å². The van der Waals surface area contributed by atoms with Gasteiger partial charge in [0.05, 0.1) is 12.2 Å².